The summed E-state index contributed by atoms with van der Waals surface area (Å²) < 4.78 is 2.29. The third kappa shape index (κ3) is 7.61. The molecule has 36 heavy (non-hydrogen) atoms. The summed E-state index contributed by atoms with van der Waals surface area (Å²) in [6, 6.07) is 12.2. The SMILES string of the molecule is CCCCCCCCCCc1ncc(/C=C(\Cc2cccs2)c2nnn[nH]2)n1Cc1ccccc1Cl. The van der Waals surface area contributed by atoms with E-state index < -0.39 is 0 Å². The average Bonchev–Trinajstić information content (AvgIpc) is 3.66. The maximum Gasteiger partial charge on any atom is 0.175 e. The Hall–Kier alpha value is -2.77. The molecule has 0 aliphatic heterocycles. The van der Waals surface area contributed by atoms with Crippen LogP contribution in [0, 0.1) is 0 Å². The number of hydrogen-bond donors (Lipinski definition) is 1. The summed E-state index contributed by atoms with van der Waals surface area (Å²) in [5.41, 5.74) is 3.15. The Balaban J connectivity index is 1.54. The number of thiophene rings is 1. The van der Waals surface area contributed by atoms with Crippen molar-refractivity contribution in [1.82, 2.24) is 30.2 Å². The lowest BCUT2D eigenvalue weighted by molar-refractivity contribution is 0.566. The third-order valence-electron chi connectivity index (χ3n) is 6.43. The van der Waals surface area contributed by atoms with Gasteiger partial charge >= 0.3 is 0 Å². The van der Waals surface area contributed by atoms with E-state index in [1.54, 1.807) is 11.3 Å². The molecule has 1 N–H and O–H groups in total. The highest BCUT2D eigenvalue weighted by atomic mass is 35.5. The number of nitrogens with one attached hydrogen (secondary N) is 1. The van der Waals surface area contributed by atoms with E-state index >= 15 is 0 Å². The number of unbranched alkanes of at least 4 members (excludes halogenated alkanes) is 7. The van der Waals surface area contributed by atoms with Gasteiger partial charge in [0.2, 0.25) is 0 Å². The number of aromatic nitrogens is 6. The Morgan fingerprint density at radius 1 is 1.03 bits per heavy atom. The highest BCUT2D eigenvalue weighted by Gasteiger charge is 2.14. The van der Waals surface area contributed by atoms with Crippen LogP contribution >= 0.6 is 22.9 Å². The van der Waals surface area contributed by atoms with Gasteiger partial charge in [0.25, 0.3) is 0 Å². The molecule has 0 bridgehead atoms. The van der Waals surface area contributed by atoms with Crippen molar-refractivity contribution in [2.45, 2.75) is 77.7 Å². The van der Waals surface area contributed by atoms with Crippen LogP contribution in [0.15, 0.2) is 48.0 Å². The number of imidazole rings is 1. The number of H-pyrrole nitrogens is 1. The van der Waals surface area contributed by atoms with E-state index in [0.29, 0.717) is 12.4 Å². The van der Waals surface area contributed by atoms with Crippen molar-refractivity contribution >= 4 is 34.6 Å². The van der Waals surface area contributed by atoms with Gasteiger partial charge in [0.15, 0.2) is 5.82 Å². The van der Waals surface area contributed by atoms with Gasteiger partial charge in [0.05, 0.1) is 18.4 Å². The highest BCUT2D eigenvalue weighted by Crippen LogP contribution is 2.25. The fraction of sp³-hybridized carbons (Fsp3) is 0.429. The molecule has 0 aliphatic carbocycles. The normalized spacial score (nSPS) is 11.9. The Morgan fingerprint density at radius 2 is 1.83 bits per heavy atom. The summed E-state index contributed by atoms with van der Waals surface area (Å²) in [6.07, 6.45) is 16.2. The summed E-state index contributed by atoms with van der Waals surface area (Å²) in [4.78, 5) is 6.11. The zero-order chi connectivity index (χ0) is 25.0. The summed E-state index contributed by atoms with van der Waals surface area (Å²) in [6.45, 7) is 2.94. The van der Waals surface area contributed by atoms with E-state index in [9.17, 15) is 0 Å². The zero-order valence-electron chi connectivity index (χ0n) is 21.0. The Bertz CT molecular complexity index is 1200. The minimum atomic E-state index is 0.679. The molecular weight excluding hydrogens is 488 g/mol. The van der Waals surface area contributed by atoms with Crippen molar-refractivity contribution in [1.29, 1.82) is 0 Å². The first-order valence-electron chi connectivity index (χ1n) is 13.0. The van der Waals surface area contributed by atoms with Gasteiger partial charge in [-0.15, -0.1) is 16.4 Å². The molecule has 0 fully saturated rings. The smallest absolute Gasteiger partial charge is 0.175 e. The molecule has 0 spiro atoms. The van der Waals surface area contributed by atoms with Crippen molar-refractivity contribution in [3.8, 4) is 0 Å². The number of rotatable bonds is 15. The molecule has 6 nitrogen and oxygen atoms in total. The maximum atomic E-state index is 6.55. The monoisotopic (exact) mass is 522 g/mol. The lowest BCUT2D eigenvalue weighted by Gasteiger charge is -2.13. The number of aromatic amines is 1. The minimum absolute atomic E-state index is 0.679. The quantitative estimate of drug-likeness (QED) is 0.163. The van der Waals surface area contributed by atoms with Crippen LogP contribution < -0.4 is 0 Å². The van der Waals surface area contributed by atoms with Gasteiger partial charge in [-0.3, -0.25) is 0 Å². The second kappa shape index (κ2) is 14.1. The van der Waals surface area contributed by atoms with Gasteiger partial charge in [0, 0.05) is 28.3 Å². The lowest BCUT2D eigenvalue weighted by atomic mass is 10.1. The lowest BCUT2D eigenvalue weighted by Crippen LogP contribution is -2.08. The zero-order valence-corrected chi connectivity index (χ0v) is 22.6. The Morgan fingerprint density at radius 3 is 2.56 bits per heavy atom. The predicted molar refractivity (Wildman–Crippen MR) is 149 cm³/mol. The standard InChI is InChI=1S/C28H35ClN6S/c1-2-3-4-5-6-7-8-9-16-27-30-20-24(35(27)21-22-13-10-11-15-26(22)29)18-23(28-31-33-34-32-28)19-25-14-12-17-36-25/h10-15,17-18,20H,2-9,16,19,21H2,1H3,(H,31,32,33,34)/b23-18+. The predicted octanol–water partition coefficient (Wildman–Crippen LogP) is 7.63. The van der Waals surface area contributed by atoms with Gasteiger partial charge in [-0.25, -0.2) is 10.1 Å². The van der Waals surface area contributed by atoms with Gasteiger partial charge in [-0.2, -0.15) is 0 Å². The van der Waals surface area contributed by atoms with E-state index in [4.69, 9.17) is 16.6 Å². The van der Waals surface area contributed by atoms with E-state index in [2.05, 4.69) is 61.8 Å². The van der Waals surface area contributed by atoms with E-state index in [1.807, 2.05) is 24.4 Å². The minimum Gasteiger partial charge on any atom is -0.324 e. The molecule has 0 atom stereocenters. The van der Waals surface area contributed by atoms with E-state index in [1.165, 1.54) is 49.8 Å². The molecule has 1 aromatic carbocycles. The summed E-state index contributed by atoms with van der Waals surface area (Å²) >= 11 is 8.28. The molecule has 4 aromatic rings. The van der Waals surface area contributed by atoms with Crippen molar-refractivity contribution in [3.63, 3.8) is 0 Å². The van der Waals surface area contributed by atoms with Crippen LogP contribution in [0.3, 0.4) is 0 Å². The second-order valence-electron chi connectivity index (χ2n) is 9.18. The molecule has 190 valence electrons. The van der Waals surface area contributed by atoms with Gasteiger partial charge < -0.3 is 4.57 Å². The number of benzene rings is 1. The van der Waals surface area contributed by atoms with Crippen LogP contribution in [0.4, 0.5) is 0 Å². The van der Waals surface area contributed by atoms with Crippen LogP contribution in [0.1, 0.15) is 86.1 Å². The number of allylic oxidation sites excluding steroid dienone is 1. The van der Waals surface area contributed by atoms with Crippen LogP contribution in [0.5, 0.6) is 0 Å². The largest absolute Gasteiger partial charge is 0.324 e. The number of halogens is 1. The average molecular weight is 523 g/mol. The van der Waals surface area contributed by atoms with E-state index in [-0.39, 0.29) is 0 Å². The fourth-order valence-corrected chi connectivity index (χ4v) is 5.34. The molecule has 0 unspecified atom stereocenters. The Labute approximate surface area is 222 Å². The number of hydrogen-bond acceptors (Lipinski definition) is 5. The summed E-state index contributed by atoms with van der Waals surface area (Å²) in [5, 5.41) is 17.6. The maximum absolute atomic E-state index is 6.55. The van der Waals surface area contributed by atoms with E-state index in [0.717, 1.165) is 46.9 Å². The first-order valence-corrected chi connectivity index (χ1v) is 14.2. The Kier molecular flexibility index (Phi) is 10.3. The molecule has 4 rings (SSSR count). The first kappa shape index (κ1) is 26.3. The van der Waals surface area contributed by atoms with Gasteiger partial charge in [-0.05, 0) is 46.0 Å². The number of tetrazole rings is 1. The molecule has 3 heterocycles. The van der Waals surface area contributed by atoms with Gasteiger partial charge in [0.1, 0.15) is 5.82 Å². The van der Waals surface area contributed by atoms with Crippen molar-refractivity contribution < 1.29 is 0 Å². The third-order valence-corrected chi connectivity index (χ3v) is 7.67. The van der Waals surface area contributed by atoms with Gasteiger partial charge in [-0.1, -0.05) is 87.7 Å². The molecule has 0 saturated carbocycles. The van der Waals surface area contributed by atoms with Crippen LogP contribution in [-0.4, -0.2) is 30.2 Å². The second-order valence-corrected chi connectivity index (χ2v) is 10.6. The first-order chi connectivity index (χ1) is 17.7. The van der Waals surface area contributed by atoms with Crippen LogP contribution in [0.2, 0.25) is 5.02 Å². The van der Waals surface area contributed by atoms with Crippen LogP contribution in [0.25, 0.3) is 11.6 Å². The fourth-order valence-electron chi connectivity index (χ4n) is 4.42. The number of aryl methyl sites for hydroxylation is 1. The van der Waals surface area contributed by atoms with Crippen LogP contribution in [-0.2, 0) is 19.4 Å². The van der Waals surface area contributed by atoms with Crippen molar-refractivity contribution in [2.75, 3.05) is 0 Å². The molecule has 3 aromatic heterocycles. The van der Waals surface area contributed by atoms with Crippen molar-refractivity contribution in [3.05, 3.63) is 80.8 Å². The summed E-state index contributed by atoms with van der Waals surface area (Å²) in [7, 11) is 0. The molecular formula is C28H35ClN6S. The number of nitrogens with zero attached hydrogens (tertiary/aromatic N) is 5. The molecule has 0 radical (unpaired) electrons. The molecule has 0 amide bonds. The highest BCUT2D eigenvalue weighted by molar-refractivity contribution is 7.10. The topological polar surface area (TPSA) is 72.3 Å². The molecule has 0 aliphatic rings. The molecule has 8 heteroatoms. The van der Waals surface area contributed by atoms with Crippen molar-refractivity contribution in [2.24, 2.45) is 0 Å². The summed E-state index contributed by atoms with van der Waals surface area (Å²) in [5.74, 6) is 1.77. The molecule has 0 saturated heterocycles.